The largest absolute Gasteiger partial charge is 0.337 e. The Morgan fingerprint density at radius 2 is 1.76 bits per heavy atom. The van der Waals surface area contributed by atoms with Crippen LogP contribution in [0.5, 0.6) is 0 Å². The van der Waals surface area contributed by atoms with Gasteiger partial charge in [0, 0.05) is 20.6 Å². The van der Waals surface area contributed by atoms with Gasteiger partial charge in [0.15, 0.2) is 0 Å². The molecule has 5 heteroatoms. The van der Waals surface area contributed by atoms with E-state index in [1.807, 2.05) is 6.08 Å². The highest BCUT2D eigenvalue weighted by atomic mass is 127. The SMILES string of the molecule is Cc1cc2nc(/C(C#N)=C\c3cc(C)n(-c4ccc(I)cc4)c3C)[nH]c2cc1C. The lowest BCUT2D eigenvalue weighted by Gasteiger charge is -2.09. The Kier molecular flexibility index (Phi) is 5.05. The third-order valence-corrected chi connectivity index (χ3v) is 6.05. The predicted octanol–water partition coefficient (Wildman–Crippen LogP) is 6.26. The number of halogens is 1. The van der Waals surface area contributed by atoms with Crippen LogP contribution in [0.15, 0.2) is 42.5 Å². The molecule has 2 heterocycles. The van der Waals surface area contributed by atoms with Crippen LogP contribution in [0.4, 0.5) is 0 Å². The highest BCUT2D eigenvalue weighted by molar-refractivity contribution is 14.1. The number of fused-ring (bicyclic) bond motifs is 1. The number of H-pyrrole nitrogens is 1. The zero-order chi connectivity index (χ0) is 20.7. The normalized spacial score (nSPS) is 11.8. The lowest BCUT2D eigenvalue weighted by atomic mass is 10.1. The first-order chi connectivity index (χ1) is 13.9. The Balaban J connectivity index is 1.79. The quantitative estimate of drug-likeness (QED) is 0.271. The van der Waals surface area contributed by atoms with Gasteiger partial charge in [-0.2, -0.15) is 5.26 Å². The molecule has 2 aromatic heterocycles. The maximum absolute atomic E-state index is 9.80. The molecule has 4 nitrogen and oxygen atoms in total. The number of nitrogens with one attached hydrogen (secondary N) is 1. The van der Waals surface area contributed by atoms with Crippen LogP contribution in [-0.2, 0) is 0 Å². The van der Waals surface area contributed by atoms with Gasteiger partial charge in [-0.15, -0.1) is 0 Å². The molecule has 0 atom stereocenters. The van der Waals surface area contributed by atoms with Crippen LogP contribution in [-0.4, -0.2) is 14.5 Å². The maximum atomic E-state index is 9.80. The molecule has 0 unspecified atom stereocenters. The van der Waals surface area contributed by atoms with Gasteiger partial charge in [-0.1, -0.05) is 0 Å². The molecule has 144 valence electrons. The van der Waals surface area contributed by atoms with E-state index in [4.69, 9.17) is 0 Å². The molecule has 0 spiro atoms. The van der Waals surface area contributed by atoms with Gasteiger partial charge in [-0.25, -0.2) is 4.98 Å². The summed E-state index contributed by atoms with van der Waals surface area (Å²) >= 11 is 2.31. The van der Waals surface area contributed by atoms with E-state index in [0.29, 0.717) is 11.4 Å². The molecule has 0 aliphatic heterocycles. The summed E-state index contributed by atoms with van der Waals surface area (Å²) in [5.41, 5.74) is 9.12. The summed E-state index contributed by atoms with van der Waals surface area (Å²) in [6.45, 7) is 8.32. The van der Waals surface area contributed by atoms with E-state index >= 15 is 0 Å². The average Bonchev–Trinajstić information content (AvgIpc) is 3.21. The topological polar surface area (TPSA) is 57.4 Å². The number of allylic oxidation sites excluding steroid dienone is 1. The van der Waals surface area contributed by atoms with E-state index < -0.39 is 0 Å². The third kappa shape index (κ3) is 3.60. The van der Waals surface area contributed by atoms with Crippen molar-refractivity contribution in [1.82, 2.24) is 14.5 Å². The van der Waals surface area contributed by atoms with Crippen LogP contribution in [0.3, 0.4) is 0 Å². The summed E-state index contributed by atoms with van der Waals surface area (Å²) in [5.74, 6) is 0.603. The second-order valence-corrected chi connectivity index (χ2v) is 8.59. The van der Waals surface area contributed by atoms with E-state index in [9.17, 15) is 5.26 Å². The van der Waals surface area contributed by atoms with Crippen LogP contribution >= 0.6 is 22.6 Å². The first-order valence-corrected chi connectivity index (χ1v) is 10.5. The number of rotatable bonds is 3. The number of imidazole rings is 1. The van der Waals surface area contributed by atoms with Crippen LogP contribution in [0, 0.1) is 42.6 Å². The second-order valence-electron chi connectivity index (χ2n) is 7.35. The van der Waals surface area contributed by atoms with Crippen LogP contribution in [0.1, 0.15) is 33.9 Å². The second kappa shape index (κ2) is 7.53. The summed E-state index contributed by atoms with van der Waals surface area (Å²) in [7, 11) is 0. The van der Waals surface area contributed by atoms with E-state index in [0.717, 1.165) is 33.7 Å². The van der Waals surface area contributed by atoms with Crippen molar-refractivity contribution in [2.24, 2.45) is 0 Å². The zero-order valence-electron chi connectivity index (χ0n) is 16.8. The molecule has 4 rings (SSSR count). The number of nitriles is 1. The first kappa shape index (κ1) is 19.5. The molecule has 29 heavy (non-hydrogen) atoms. The number of aromatic nitrogens is 3. The summed E-state index contributed by atoms with van der Waals surface area (Å²) in [6.07, 6.45) is 1.92. The van der Waals surface area contributed by atoms with Crippen molar-refractivity contribution >= 4 is 45.3 Å². The zero-order valence-corrected chi connectivity index (χ0v) is 19.0. The fourth-order valence-electron chi connectivity index (χ4n) is 3.63. The number of nitrogens with zero attached hydrogens (tertiary/aromatic N) is 3. The van der Waals surface area contributed by atoms with Gasteiger partial charge in [0.1, 0.15) is 11.9 Å². The van der Waals surface area contributed by atoms with E-state index in [-0.39, 0.29) is 0 Å². The van der Waals surface area contributed by atoms with Gasteiger partial charge in [0.2, 0.25) is 0 Å². The monoisotopic (exact) mass is 492 g/mol. The number of aryl methyl sites for hydroxylation is 3. The number of aromatic amines is 1. The van der Waals surface area contributed by atoms with E-state index in [2.05, 4.69) is 113 Å². The molecule has 2 aromatic carbocycles. The lowest BCUT2D eigenvalue weighted by Crippen LogP contribution is -1.99. The van der Waals surface area contributed by atoms with Gasteiger partial charge in [-0.3, -0.25) is 0 Å². The summed E-state index contributed by atoms with van der Waals surface area (Å²) in [4.78, 5) is 7.96. The highest BCUT2D eigenvalue weighted by Crippen LogP contribution is 2.26. The molecule has 0 radical (unpaired) electrons. The minimum Gasteiger partial charge on any atom is -0.337 e. The van der Waals surface area contributed by atoms with Crippen LogP contribution < -0.4 is 0 Å². The van der Waals surface area contributed by atoms with Gasteiger partial charge in [0.05, 0.1) is 16.6 Å². The minimum absolute atomic E-state index is 0.527. The van der Waals surface area contributed by atoms with Crippen molar-refractivity contribution in [1.29, 1.82) is 5.26 Å². The Bertz CT molecular complexity index is 1260. The fraction of sp³-hybridized carbons (Fsp3) is 0.167. The fourth-order valence-corrected chi connectivity index (χ4v) is 3.99. The predicted molar refractivity (Wildman–Crippen MR) is 127 cm³/mol. The van der Waals surface area contributed by atoms with Crippen molar-refractivity contribution in [3.63, 3.8) is 0 Å². The van der Waals surface area contributed by atoms with Gasteiger partial charge in [0.25, 0.3) is 0 Å². The Morgan fingerprint density at radius 1 is 1.07 bits per heavy atom. The molecule has 4 aromatic rings. The lowest BCUT2D eigenvalue weighted by molar-refractivity contribution is 0.964. The average molecular weight is 492 g/mol. The third-order valence-electron chi connectivity index (χ3n) is 5.33. The standard InChI is InChI=1S/C24H21IN4/c1-14-9-22-23(10-15(14)2)28-24(27-22)19(13-26)12-18-11-16(3)29(17(18)4)21-7-5-20(25)6-8-21/h5-12H,1-4H3,(H,27,28)/b19-12-. The summed E-state index contributed by atoms with van der Waals surface area (Å²) < 4.78 is 3.42. The molecule has 1 N–H and O–H groups in total. The molecule has 0 saturated heterocycles. The van der Waals surface area contributed by atoms with Gasteiger partial charge in [-0.05, 0) is 116 Å². The van der Waals surface area contributed by atoms with Crippen molar-refractivity contribution < 1.29 is 0 Å². The molecule has 0 fully saturated rings. The number of hydrogen-bond donors (Lipinski definition) is 1. The van der Waals surface area contributed by atoms with Crippen molar-refractivity contribution in [2.75, 3.05) is 0 Å². The molecular weight excluding hydrogens is 471 g/mol. The van der Waals surface area contributed by atoms with Crippen LogP contribution in [0.25, 0.3) is 28.4 Å². The minimum atomic E-state index is 0.527. The van der Waals surface area contributed by atoms with Crippen LogP contribution in [0.2, 0.25) is 0 Å². The molecule has 0 saturated carbocycles. The smallest absolute Gasteiger partial charge is 0.149 e. The maximum Gasteiger partial charge on any atom is 0.149 e. The van der Waals surface area contributed by atoms with Crippen molar-refractivity contribution in [3.8, 4) is 11.8 Å². The molecular formula is C24H21IN4. The van der Waals surface area contributed by atoms with E-state index in [1.165, 1.54) is 14.7 Å². The Morgan fingerprint density at radius 3 is 2.45 bits per heavy atom. The molecule has 0 bridgehead atoms. The van der Waals surface area contributed by atoms with Gasteiger partial charge < -0.3 is 9.55 Å². The summed E-state index contributed by atoms with van der Waals surface area (Å²) in [6, 6.07) is 17.0. The Hall–Kier alpha value is -2.85. The number of benzene rings is 2. The molecule has 0 amide bonds. The van der Waals surface area contributed by atoms with Gasteiger partial charge >= 0.3 is 0 Å². The summed E-state index contributed by atoms with van der Waals surface area (Å²) in [5, 5.41) is 9.80. The van der Waals surface area contributed by atoms with Crippen molar-refractivity contribution in [2.45, 2.75) is 27.7 Å². The van der Waals surface area contributed by atoms with Crippen molar-refractivity contribution in [3.05, 3.63) is 79.9 Å². The number of hydrogen-bond acceptors (Lipinski definition) is 2. The highest BCUT2D eigenvalue weighted by Gasteiger charge is 2.13. The first-order valence-electron chi connectivity index (χ1n) is 9.41. The molecule has 0 aliphatic rings. The Labute approximate surface area is 184 Å². The molecule has 0 aliphatic carbocycles. The van der Waals surface area contributed by atoms with E-state index in [1.54, 1.807) is 0 Å².